The second-order valence-corrected chi connectivity index (χ2v) is 7.20. The Balaban J connectivity index is 1.40. The van der Waals surface area contributed by atoms with Crippen molar-refractivity contribution in [3.63, 3.8) is 0 Å². The third-order valence-corrected chi connectivity index (χ3v) is 4.86. The first-order valence-electron chi connectivity index (χ1n) is 10.6. The van der Waals surface area contributed by atoms with Crippen LogP contribution >= 0.6 is 0 Å². The molecular formula is C26H23N5O2. The lowest BCUT2D eigenvalue weighted by Gasteiger charge is -2.05. The zero-order valence-corrected chi connectivity index (χ0v) is 17.9. The molecule has 33 heavy (non-hydrogen) atoms. The minimum absolute atomic E-state index is 0.171. The maximum absolute atomic E-state index is 12.3. The Morgan fingerprint density at radius 1 is 0.879 bits per heavy atom. The van der Waals surface area contributed by atoms with Crippen molar-refractivity contribution >= 4 is 17.9 Å². The zero-order chi connectivity index (χ0) is 22.9. The number of rotatable bonds is 8. The number of carbonyl (C=O) groups excluding carboxylic acids is 2. The highest BCUT2D eigenvalue weighted by Gasteiger charge is 2.11. The lowest BCUT2D eigenvalue weighted by Crippen LogP contribution is -2.33. The number of carbonyl (C=O) groups is 2. The molecule has 4 rings (SSSR count). The summed E-state index contributed by atoms with van der Waals surface area (Å²) in [4.78, 5) is 28.5. The van der Waals surface area contributed by atoms with Gasteiger partial charge in [0.25, 0.3) is 5.91 Å². The van der Waals surface area contributed by atoms with E-state index in [-0.39, 0.29) is 11.8 Å². The van der Waals surface area contributed by atoms with Gasteiger partial charge < -0.3 is 10.6 Å². The van der Waals surface area contributed by atoms with Crippen LogP contribution in [0.15, 0.2) is 97.5 Å². The molecule has 0 aliphatic rings. The van der Waals surface area contributed by atoms with Gasteiger partial charge in [-0.2, -0.15) is 5.10 Å². The van der Waals surface area contributed by atoms with Gasteiger partial charge in [0.1, 0.15) is 5.69 Å². The molecule has 0 fully saturated rings. The Kier molecular flexibility index (Phi) is 7.02. The third-order valence-electron chi connectivity index (χ3n) is 4.86. The van der Waals surface area contributed by atoms with Crippen LogP contribution in [-0.2, 0) is 4.79 Å². The van der Waals surface area contributed by atoms with E-state index in [0.717, 1.165) is 22.5 Å². The van der Waals surface area contributed by atoms with E-state index in [2.05, 4.69) is 15.6 Å². The molecule has 0 aliphatic heterocycles. The first-order valence-corrected chi connectivity index (χ1v) is 10.6. The number of amides is 2. The van der Waals surface area contributed by atoms with E-state index < -0.39 is 0 Å². The minimum Gasteiger partial charge on any atom is -0.351 e. The van der Waals surface area contributed by atoms with Gasteiger partial charge in [-0.3, -0.25) is 14.6 Å². The summed E-state index contributed by atoms with van der Waals surface area (Å²) in [5.41, 5.74) is 3.88. The SMILES string of the molecule is O=C(/C=C/c1cn(-c2ccccc2)nc1-c1cccnc1)NCCNC(=O)c1ccccc1. The second-order valence-electron chi connectivity index (χ2n) is 7.20. The smallest absolute Gasteiger partial charge is 0.251 e. The number of nitrogens with one attached hydrogen (secondary N) is 2. The fourth-order valence-corrected chi connectivity index (χ4v) is 3.23. The fraction of sp³-hybridized carbons (Fsp3) is 0.0769. The standard InChI is InChI=1S/C26H23N5O2/c32-24(28-16-17-29-26(33)20-8-3-1-4-9-20)14-13-22-19-31(23-11-5-2-6-12-23)30-25(22)21-10-7-15-27-18-21/h1-15,18-19H,16-17H2,(H,28,32)(H,29,33)/b14-13+. The summed E-state index contributed by atoms with van der Waals surface area (Å²) < 4.78 is 1.78. The maximum atomic E-state index is 12.3. The molecule has 0 saturated heterocycles. The molecular weight excluding hydrogens is 414 g/mol. The average molecular weight is 438 g/mol. The van der Waals surface area contributed by atoms with Gasteiger partial charge in [0, 0.05) is 54.4 Å². The van der Waals surface area contributed by atoms with Crippen LogP contribution in [0, 0.1) is 0 Å². The lowest BCUT2D eigenvalue weighted by molar-refractivity contribution is -0.116. The summed E-state index contributed by atoms with van der Waals surface area (Å²) in [5.74, 6) is -0.427. The van der Waals surface area contributed by atoms with Gasteiger partial charge in [0.05, 0.1) is 5.69 Å². The molecule has 2 aromatic carbocycles. The van der Waals surface area contributed by atoms with E-state index in [1.807, 2.05) is 54.7 Å². The Morgan fingerprint density at radius 2 is 1.61 bits per heavy atom. The maximum Gasteiger partial charge on any atom is 0.251 e. The zero-order valence-electron chi connectivity index (χ0n) is 17.9. The van der Waals surface area contributed by atoms with Gasteiger partial charge in [0.2, 0.25) is 5.91 Å². The predicted molar refractivity (Wildman–Crippen MR) is 128 cm³/mol. The highest BCUT2D eigenvalue weighted by molar-refractivity contribution is 5.94. The van der Waals surface area contributed by atoms with Gasteiger partial charge in [0.15, 0.2) is 0 Å². The van der Waals surface area contributed by atoms with Crippen LogP contribution in [0.5, 0.6) is 0 Å². The van der Waals surface area contributed by atoms with Gasteiger partial charge in [-0.25, -0.2) is 4.68 Å². The Hall–Kier alpha value is -4.52. The summed E-state index contributed by atoms with van der Waals surface area (Å²) in [6, 6.07) is 22.5. The summed E-state index contributed by atoms with van der Waals surface area (Å²) in [7, 11) is 0. The van der Waals surface area contributed by atoms with E-state index in [0.29, 0.717) is 18.7 Å². The number of aromatic nitrogens is 3. The molecule has 0 saturated carbocycles. The van der Waals surface area contributed by atoms with E-state index in [9.17, 15) is 9.59 Å². The molecule has 0 radical (unpaired) electrons. The van der Waals surface area contributed by atoms with Crippen molar-refractivity contribution in [2.45, 2.75) is 0 Å². The Morgan fingerprint density at radius 3 is 2.33 bits per heavy atom. The van der Waals surface area contributed by atoms with Crippen LogP contribution in [-0.4, -0.2) is 39.7 Å². The van der Waals surface area contributed by atoms with Crippen LogP contribution in [0.1, 0.15) is 15.9 Å². The van der Waals surface area contributed by atoms with Gasteiger partial charge >= 0.3 is 0 Å². The minimum atomic E-state index is -0.256. The molecule has 0 aliphatic carbocycles. The van der Waals surface area contributed by atoms with Crippen molar-refractivity contribution in [3.8, 4) is 16.9 Å². The summed E-state index contributed by atoms with van der Waals surface area (Å²) >= 11 is 0. The molecule has 0 bridgehead atoms. The van der Waals surface area contributed by atoms with Crippen molar-refractivity contribution in [2.24, 2.45) is 0 Å². The van der Waals surface area contributed by atoms with Gasteiger partial charge in [-0.15, -0.1) is 0 Å². The van der Waals surface area contributed by atoms with Gasteiger partial charge in [-0.1, -0.05) is 36.4 Å². The van der Waals surface area contributed by atoms with E-state index in [1.165, 1.54) is 6.08 Å². The molecule has 2 N–H and O–H groups in total. The first-order chi connectivity index (χ1) is 16.2. The average Bonchev–Trinajstić information content (AvgIpc) is 3.31. The summed E-state index contributed by atoms with van der Waals surface area (Å²) in [6.07, 6.45) is 8.52. The van der Waals surface area contributed by atoms with E-state index >= 15 is 0 Å². The predicted octanol–water partition coefficient (Wildman–Crippen LogP) is 3.49. The number of hydrogen-bond donors (Lipinski definition) is 2. The normalized spacial score (nSPS) is 10.8. The number of nitrogens with zero attached hydrogens (tertiary/aromatic N) is 3. The van der Waals surface area contributed by atoms with Crippen LogP contribution in [0.3, 0.4) is 0 Å². The van der Waals surface area contributed by atoms with Crippen LogP contribution in [0.4, 0.5) is 0 Å². The molecule has 0 atom stereocenters. The Labute approximate surface area is 191 Å². The second kappa shape index (κ2) is 10.7. The summed E-state index contributed by atoms with van der Waals surface area (Å²) in [6.45, 7) is 0.653. The molecule has 0 spiro atoms. The van der Waals surface area contributed by atoms with Crippen molar-refractivity contribution in [1.29, 1.82) is 0 Å². The molecule has 2 aromatic heterocycles. The van der Waals surface area contributed by atoms with E-state index in [1.54, 1.807) is 47.4 Å². The molecule has 2 amide bonds. The van der Waals surface area contributed by atoms with Crippen molar-refractivity contribution in [1.82, 2.24) is 25.4 Å². The number of hydrogen-bond acceptors (Lipinski definition) is 4. The third kappa shape index (κ3) is 5.80. The first kappa shape index (κ1) is 21.7. The monoisotopic (exact) mass is 437 g/mol. The number of pyridine rings is 1. The van der Waals surface area contributed by atoms with Crippen molar-refractivity contribution in [2.75, 3.05) is 13.1 Å². The summed E-state index contributed by atoms with van der Waals surface area (Å²) in [5, 5.41) is 10.3. The largest absolute Gasteiger partial charge is 0.351 e. The quantitative estimate of drug-likeness (QED) is 0.326. The molecule has 4 aromatic rings. The van der Waals surface area contributed by atoms with Crippen molar-refractivity contribution < 1.29 is 9.59 Å². The molecule has 164 valence electrons. The van der Waals surface area contributed by atoms with Gasteiger partial charge in [-0.05, 0) is 42.5 Å². The highest BCUT2D eigenvalue weighted by atomic mass is 16.2. The number of benzene rings is 2. The van der Waals surface area contributed by atoms with Crippen LogP contribution in [0.2, 0.25) is 0 Å². The van der Waals surface area contributed by atoms with Crippen LogP contribution < -0.4 is 10.6 Å². The lowest BCUT2D eigenvalue weighted by atomic mass is 10.1. The topological polar surface area (TPSA) is 88.9 Å². The molecule has 2 heterocycles. The molecule has 0 unspecified atom stereocenters. The van der Waals surface area contributed by atoms with Crippen molar-refractivity contribution in [3.05, 3.63) is 109 Å². The number of para-hydroxylation sites is 1. The highest BCUT2D eigenvalue weighted by Crippen LogP contribution is 2.24. The fourth-order valence-electron chi connectivity index (χ4n) is 3.23. The molecule has 7 heteroatoms. The molecule has 7 nitrogen and oxygen atoms in total. The van der Waals surface area contributed by atoms with E-state index in [4.69, 9.17) is 5.10 Å². The Bertz CT molecular complexity index is 1240. The van der Waals surface area contributed by atoms with Crippen LogP contribution in [0.25, 0.3) is 23.0 Å².